The van der Waals surface area contributed by atoms with E-state index >= 15 is 0 Å². The molecule has 3 amide bonds. The summed E-state index contributed by atoms with van der Waals surface area (Å²) in [5, 5.41) is 8.83. The van der Waals surface area contributed by atoms with E-state index in [1.54, 1.807) is 24.3 Å². The van der Waals surface area contributed by atoms with Crippen molar-refractivity contribution in [3.63, 3.8) is 0 Å². The Morgan fingerprint density at radius 1 is 1.10 bits per heavy atom. The first kappa shape index (κ1) is 19.6. The van der Waals surface area contributed by atoms with Gasteiger partial charge < -0.3 is 16.0 Å². The minimum atomic E-state index is -0.703. The lowest BCUT2D eigenvalue weighted by Crippen LogP contribution is -2.56. The highest BCUT2D eigenvalue weighted by atomic mass is 16.2. The standard InChI is InChI=1S/C24H31N3O3/c1-14(24-11-15-8-16(12-24)10-17(9-15)13-24)25-21(28)7-6-20-23(30)26-19-5-3-2-4-18(19)22(29)27-20/h2-5,14-17,20H,6-13H2,1H3,(H,25,28)(H,26,30)(H,27,29). The zero-order chi connectivity index (χ0) is 20.9. The lowest BCUT2D eigenvalue weighted by atomic mass is 9.48. The Balaban J connectivity index is 1.18. The van der Waals surface area contributed by atoms with Gasteiger partial charge in [-0.25, -0.2) is 0 Å². The Kier molecular flexibility index (Phi) is 4.83. The first-order valence-electron chi connectivity index (χ1n) is 11.4. The second kappa shape index (κ2) is 7.40. The van der Waals surface area contributed by atoms with E-state index in [1.807, 2.05) is 0 Å². The van der Waals surface area contributed by atoms with Crippen LogP contribution < -0.4 is 16.0 Å². The number of fused-ring (bicyclic) bond motifs is 1. The van der Waals surface area contributed by atoms with Crippen LogP contribution in [0, 0.1) is 23.2 Å². The normalized spacial score (nSPS) is 35.1. The van der Waals surface area contributed by atoms with Crippen molar-refractivity contribution < 1.29 is 14.4 Å². The van der Waals surface area contributed by atoms with Crippen LogP contribution in [0.15, 0.2) is 24.3 Å². The average Bonchev–Trinajstić information content (AvgIpc) is 2.81. The van der Waals surface area contributed by atoms with Crippen LogP contribution in [0.25, 0.3) is 0 Å². The molecule has 6 heteroatoms. The predicted octanol–water partition coefficient (Wildman–Crippen LogP) is 3.24. The van der Waals surface area contributed by atoms with Crippen LogP contribution in [0.3, 0.4) is 0 Å². The molecule has 160 valence electrons. The van der Waals surface area contributed by atoms with Gasteiger partial charge in [-0.05, 0) is 87.2 Å². The monoisotopic (exact) mass is 409 g/mol. The molecule has 5 aliphatic rings. The lowest BCUT2D eigenvalue weighted by Gasteiger charge is -2.59. The van der Waals surface area contributed by atoms with E-state index in [0.29, 0.717) is 17.7 Å². The van der Waals surface area contributed by atoms with Crippen molar-refractivity contribution in [2.75, 3.05) is 5.32 Å². The van der Waals surface area contributed by atoms with E-state index in [9.17, 15) is 14.4 Å². The molecule has 1 aromatic carbocycles. The van der Waals surface area contributed by atoms with E-state index in [-0.39, 0.29) is 35.6 Å². The molecule has 2 atom stereocenters. The molecule has 30 heavy (non-hydrogen) atoms. The Labute approximate surface area is 177 Å². The van der Waals surface area contributed by atoms with Gasteiger partial charge >= 0.3 is 0 Å². The van der Waals surface area contributed by atoms with E-state index in [4.69, 9.17) is 0 Å². The van der Waals surface area contributed by atoms with E-state index in [2.05, 4.69) is 22.9 Å². The smallest absolute Gasteiger partial charge is 0.254 e. The van der Waals surface area contributed by atoms with Crippen molar-refractivity contribution in [3.05, 3.63) is 29.8 Å². The summed E-state index contributed by atoms with van der Waals surface area (Å²) in [7, 11) is 0. The third-order valence-corrected chi connectivity index (χ3v) is 8.09. The van der Waals surface area contributed by atoms with Crippen LogP contribution in [0.2, 0.25) is 0 Å². The molecule has 0 aromatic heterocycles. The van der Waals surface area contributed by atoms with Crippen molar-refractivity contribution in [2.24, 2.45) is 23.2 Å². The molecule has 1 heterocycles. The summed E-state index contributed by atoms with van der Waals surface area (Å²) >= 11 is 0. The third kappa shape index (κ3) is 3.50. The van der Waals surface area contributed by atoms with Crippen LogP contribution in [-0.2, 0) is 9.59 Å². The fraction of sp³-hybridized carbons (Fsp3) is 0.625. The predicted molar refractivity (Wildman–Crippen MR) is 114 cm³/mol. The molecule has 6 rings (SSSR count). The van der Waals surface area contributed by atoms with Crippen LogP contribution >= 0.6 is 0 Å². The number of carbonyl (C=O) groups is 3. The summed E-state index contributed by atoms with van der Waals surface area (Å²) in [5.74, 6) is 1.97. The molecule has 4 fully saturated rings. The summed E-state index contributed by atoms with van der Waals surface area (Å²) in [4.78, 5) is 37.7. The van der Waals surface area contributed by atoms with Gasteiger partial charge in [0.1, 0.15) is 6.04 Å². The highest BCUT2D eigenvalue weighted by Crippen LogP contribution is 2.61. The quantitative estimate of drug-likeness (QED) is 0.698. The molecule has 0 radical (unpaired) electrons. The Morgan fingerprint density at radius 3 is 2.40 bits per heavy atom. The van der Waals surface area contributed by atoms with Crippen LogP contribution in [0.1, 0.15) is 68.6 Å². The Morgan fingerprint density at radius 2 is 1.73 bits per heavy atom. The van der Waals surface area contributed by atoms with Gasteiger partial charge in [-0.2, -0.15) is 0 Å². The number of anilines is 1. The van der Waals surface area contributed by atoms with Gasteiger partial charge in [0, 0.05) is 12.5 Å². The number of rotatable bonds is 5. The Bertz CT molecular complexity index is 845. The van der Waals surface area contributed by atoms with Gasteiger partial charge in [-0.15, -0.1) is 0 Å². The lowest BCUT2D eigenvalue weighted by molar-refractivity contribution is -0.126. The number of hydrogen-bond acceptors (Lipinski definition) is 3. The first-order chi connectivity index (χ1) is 14.4. The van der Waals surface area contributed by atoms with E-state index < -0.39 is 6.04 Å². The van der Waals surface area contributed by atoms with E-state index in [1.165, 1.54) is 38.5 Å². The second-order valence-corrected chi connectivity index (χ2v) is 10.2. The van der Waals surface area contributed by atoms with Gasteiger partial charge in [0.05, 0.1) is 11.3 Å². The molecule has 0 saturated heterocycles. The SMILES string of the molecule is CC(NC(=O)CCC1NC(=O)c2ccccc2NC1=O)C12CC3CC(CC(C3)C1)C2. The number of amides is 3. The number of hydrogen-bond donors (Lipinski definition) is 3. The minimum Gasteiger partial charge on any atom is -0.353 e. The zero-order valence-electron chi connectivity index (χ0n) is 17.6. The zero-order valence-corrected chi connectivity index (χ0v) is 17.6. The van der Waals surface area contributed by atoms with Crippen LogP contribution in [0.5, 0.6) is 0 Å². The van der Waals surface area contributed by atoms with Crippen molar-refractivity contribution in [2.45, 2.75) is 70.4 Å². The molecular weight excluding hydrogens is 378 g/mol. The molecular formula is C24H31N3O3. The highest BCUT2D eigenvalue weighted by Gasteiger charge is 2.53. The van der Waals surface area contributed by atoms with Gasteiger partial charge in [0.15, 0.2) is 0 Å². The van der Waals surface area contributed by atoms with Gasteiger partial charge in [0.25, 0.3) is 5.91 Å². The fourth-order valence-electron chi connectivity index (χ4n) is 6.96. The summed E-state index contributed by atoms with van der Waals surface area (Å²) in [6.07, 6.45) is 8.44. The number of benzene rings is 1. The molecule has 4 saturated carbocycles. The Hall–Kier alpha value is -2.37. The summed E-state index contributed by atoms with van der Waals surface area (Å²) < 4.78 is 0. The summed E-state index contributed by atoms with van der Waals surface area (Å²) in [6, 6.07) is 6.42. The molecule has 1 aliphatic heterocycles. The molecule has 4 bridgehead atoms. The topological polar surface area (TPSA) is 87.3 Å². The van der Waals surface area contributed by atoms with Crippen molar-refractivity contribution in [1.82, 2.24) is 10.6 Å². The van der Waals surface area contributed by atoms with Gasteiger partial charge in [-0.3, -0.25) is 14.4 Å². The molecule has 2 unspecified atom stereocenters. The van der Waals surface area contributed by atoms with Gasteiger partial charge in [0.2, 0.25) is 11.8 Å². The largest absolute Gasteiger partial charge is 0.353 e. The first-order valence-corrected chi connectivity index (χ1v) is 11.4. The fourth-order valence-corrected chi connectivity index (χ4v) is 6.96. The summed E-state index contributed by atoms with van der Waals surface area (Å²) in [5.41, 5.74) is 1.23. The maximum atomic E-state index is 12.7. The summed E-state index contributed by atoms with van der Waals surface area (Å²) in [6.45, 7) is 2.17. The van der Waals surface area contributed by atoms with Crippen molar-refractivity contribution in [1.29, 1.82) is 0 Å². The molecule has 0 spiro atoms. The maximum Gasteiger partial charge on any atom is 0.254 e. The second-order valence-electron chi connectivity index (χ2n) is 10.2. The molecule has 3 N–H and O–H groups in total. The number of carbonyl (C=O) groups excluding carboxylic acids is 3. The average molecular weight is 410 g/mol. The van der Waals surface area contributed by atoms with E-state index in [0.717, 1.165) is 17.8 Å². The van der Waals surface area contributed by atoms with Crippen molar-refractivity contribution >= 4 is 23.4 Å². The minimum absolute atomic E-state index is 0.0259. The molecule has 4 aliphatic carbocycles. The third-order valence-electron chi connectivity index (χ3n) is 8.09. The van der Waals surface area contributed by atoms with Crippen molar-refractivity contribution in [3.8, 4) is 0 Å². The maximum absolute atomic E-state index is 12.7. The van der Waals surface area contributed by atoms with Crippen LogP contribution in [-0.4, -0.2) is 29.8 Å². The number of para-hydroxylation sites is 1. The molecule has 6 nitrogen and oxygen atoms in total. The van der Waals surface area contributed by atoms with Gasteiger partial charge in [-0.1, -0.05) is 12.1 Å². The van der Waals surface area contributed by atoms with Crippen LogP contribution in [0.4, 0.5) is 5.69 Å². The highest BCUT2D eigenvalue weighted by molar-refractivity contribution is 6.09. The molecule has 1 aromatic rings. The number of nitrogens with one attached hydrogen (secondary N) is 3.